The van der Waals surface area contributed by atoms with E-state index in [2.05, 4.69) is 11.4 Å². The molecule has 0 unspecified atom stereocenters. The average molecular weight is 280 g/mol. The van der Waals surface area contributed by atoms with Crippen LogP contribution in [-0.4, -0.2) is 11.0 Å². The Bertz CT molecular complexity index is 657. The Morgan fingerprint density at radius 2 is 1.76 bits per heavy atom. The van der Waals surface area contributed by atoms with Crippen LogP contribution in [0.1, 0.15) is 22.3 Å². The second-order valence-electron chi connectivity index (χ2n) is 4.69. The van der Waals surface area contributed by atoms with Crippen molar-refractivity contribution in [2.24, 2.45) is 0 Å². The molecule has 4 nitrogen and oxygen atoms in total. The van der Waals surface area contributed by atoms with Gasteiger partial charge in [0.05, 0.1) is 24.7 Å². The monoisotopic (exact) mass is 280 g/mol. The molecule has 0 spiro atoms. The first-order chi connectivity index (χ1) is 10.2. The summed E-state index contributed by atoms with van der Waals surface area (Å²) in [5, 5.41) is 20.8. The number of amides is 1. The van der Waals surface area contributed by atoms with Gasteiger partial charge in [-0.25, -0.2) is 0 Å². The fourth-order valence-electron chi connectivity index (χ4n) is 2.02. The Kier molecular flexibility index (Phi) is 5.08. The summed E-state index contributed by atoms with van der Waals surface area (Å²) >= 11 is 0. The van der Waals surface area contributed by atoms with Gasteiger partial charge < -0.3 is 10.4 Å². The summed E-state index contributed by atoms with van der Waals surface area (Å²) < 4.78 is 0. The van der Waals surface area contributed by atoms with E-state index in [1.807, 2.05) is 36.4 Å². The predicted molar refractivity (Wildman–Crippen MR) is 79.1 cm³/mol. The van der Waals surface area contributed by atoms with E-state index in [1.165, 1.54) is 0 Å². The second kappa shape index (κ2) is 7.22. The molecule has 0 aliphatic rings. The Morgan fingerprint density at radius 3 is 2.38 bits per heavy atom. The zero-order valence-electron chi connectivity index (χ0n) is 11.5. The summed E-state index contributed by atoms with van der Waals surface area (Å²) in [5.74, 6) is -0.0970. The molecule has 0 radical (unpaired) electrons. The van der Waals surface area contributed by atoms with Gasteiger partial charge in [-0.15, -0.1) is 0 Å². The van der Waals surface area contributed by atoms with E-state index >= 15 is 0 Å². The van der Waals surface area contributed by atoms with Crippen LogP contribution in [0.3, 0.4) is 0 Å². The first-order valence-corrected chi connectivity index (χ1v) is 6.66. The summed E-state index contributed by atoms with van der Waals surface area (Å²) in [6.45, 7) is 0.352. The largest absolute Gasteiger partial charge is 0.392 e. The van der Waals surface area contributed by atoms with Crippen LogP contribution < -0.4 is 5.32 Å². The minimum atomic E-state index is -0.0970. The highest BCUT2D eigenvalue weighted by Gasteiger charge is 2.07. The lowest BCUT2D eigenvalue weighted by Gasteiger charge is -2.08. The third-order valence-corrected chi connectivity index (χ3v) is 3.21. The molecule has 2 aromatic rings. The summed E-state index contributed by atoms with van der Waals surface area (Å²) in [6, 6.07) is 16.5. The lowest BCUT2D eigenvalue weighted by atomic mass is 10.0. The van der Waals surface area contributed by atoms with Crippen molar-refractivity contribution in [3.8, 4) is 6.07 Å². The smallest absolute Gasteiger partial charge is 0.224 e. The van der Waals surface area contributed by atoms with Crippen molar-refractivity contribution < 1.29 is 9.90 Å². The van der Waals surface area contributed by atoms with E-state index in [4.69, 9.17) is 5.26 Å². The molecule has 1 amide bonds. The van der Waals surface area contributed by atoms with Gasteiger partial charge in [-0.2, -0.15) is 5.26 Å². The number of nitrogens with one attached hydrogen (secondary N) is 1. The van der Waals surface area contributed by atoms with Crippen LogP contribution in [0.25, 0.3) is 0 Å². The van der Waals surface area contributed by atoms with Crippen molar-refractivity contribution in [1.29, 1.82) is 5.26 Å². The second-order valence-corrected chi connectivity index (χ2v) is 4.69. The van der Waals surface area contributed by atoms with E-state index in [1.54, 1.807) is 12.1 Å². The summed E-state index contributed by atoms with van der Waals surface area (Å²) in [4.78, 5) is 11.9. The highest BCUT2D eigenvalue weighted by atomic mass is 16.3. The molecule has 2 N–H and O–H groups in total. The van der Waals surface area contributed by atoms with Crippen molar-refractivity contribution in [3.05, 3.63) is 70.8 Å². The molecule has 0 aliphatic carbocycles. The minimum Gasteiger partial charge on any atom is -0.392 e. The van der Waals surface area contributed by atoms with E-state index in [0.29, 0.717) is 12.1 Å². The Morgan fingerprint density at radius 1 is 1.10 bits per heavy atom. The van der Waals surface area contributed by atoms with Crippen LogP contribution in [0, 0.1) is 11.3 Å². The normalized spacial score (nSPS) is 9.90. The number of aliphatic hydroxyl groups is 1. The number of nitrogens with zero attached hydrogens (tertiary/aromatic N) is 1. The molecule has 0 atom stereocenters. The number of nitriles is 1. The van der Waals surface area contributed by atoms with Crippen molar-refractivity contribution in [3.63, 3.8) is 0 Å². The Labute approximate surface area is 123 Å². The maximum Gasteiger partial charge on any atom is 0.224 e. The molecule has 0 fully saturated rings. The Hall–Kier alpha value is -2.64. The van der Waals surface area contributed by atoms with Crippen molar-refractivity contribution >= 4 is 5.91 Å². The van der Waals surface area contributed by atoms with Gasteiger partial charge in [0.2, 0.25) is 5.91 Å². The van der Waals surface area contributed by atoms with Crippen LogP contribution in [0.2, 0.25) is 0 Å². The maximum atomic E-state index is 11.9. The zero-order valence-corrected chi connectivity index (χ0v) is 11.5. The zero-order chi connectivity index (χ0) is 15.1. The first-order valence-electron chi connectivity index (χ1n) is 6.66. The standard InChI is InChI=1S/C17H16N2O2/c18-10-13-5-7-14(8-6-13)11-19-17(21)9-15-3-1-2-4-16(15)12-20/h1-8,20H,9,11-12H2,(H,19,21). The number of aliphatic hydroxyl groups excluding tert-OH is 1. The van der Waals surface area contributed by atoms with Gasteiger partial charge in [0.15, 0.2) is 0 Å². The van der Waals surface area contributed by atoms with Gasteiger partial charge in [0, 0.05) is 6.54 Å². The van der Waals surface area contributed by atoms with Crippen LogP contribution in [0.5, 0.6) is 0 Å². The van der Waals surface area contributed by atoms with E-state index < -0.39 is 0 Å². The van der Waals surface area contributed by atoms with Gasteiger partial charge in [0.25, 0.3) is 0 Å². The van der Waals surface area contributed by atoms with Crippen molar-refractivity contribution in [2.45, 2.75) is 19.6 Å². The number of rotatable bonds is 5. The third-order valence-electron chi connectivity index (χ3n) is 3.21. The lowest BCUT2D eigenvalue weighted by molar-refractivity contribution is -0.120. The molecule has 0 aromatic heterocycles. The van der Waals surface area contributed by atoms with Crippen LogP contribution >= 0.6 is 0 Å². The maximum absolute atomic E-state index is 11.9. The number of hydrogen-bond donors (Lipinski definition) is 2. The van der Waals surface area contributed by atoms with Crippen LogP contribution in [0.15, 0.2) is 48.5 Å². The minimum absolute atomic E-state index is 0.0704. The third kappa shape index (κ3) is 4.16. The fraction of sp³-hybridized carbons (Fsp3) is 0.176. The average Bonchev–Trinajstić information content (AvgIpc) is 2.54. The molecular formula is C17H16N2O2. The Balaban J connectivity index is 1.91. The molecule has 4 heteroatoms. The van der Waals surface area contributed by atoms with E-state index in [0.717, 1.165) is 16.7 Å². The molecular weight excluding hydrogens is 264 g/mol. The number of benzene rings is 2. The van der Waals surface area contributed by atoms with Gasteiger partial charge in [0.1, 0.15) is 0 Å². The molecule has 0 heterocycles. The molecule has 106 valence electrons. The lowest BCUT2D eigenvalue weighted by Crippen LogP contribution is -2.25. The van der Waals surface area contributed by atoms with Crippen molar-refractivity contribution in [2.75, 3.05) is 0 Å². The topological polar surface area (TPSA) is 73.1 Å². The highest BCUT2D eigenvalue weighted by Crippen LogP contribution is 2.09. The quantitative estimate of drug-likeness (QED) is 0.878. The van der Waals surface area contributed by atoms with Gasteiger partial charge in [-0.1, -0.05) is 36.4 Å². The number of carbonyl (C=O) groups is 1. The fourth-order valence-corrected chi connectivity index (χ4v) is 2.02. The van der Waals surface area contributed by atoms with Crippen LogP contribution in [-0.2, 0) is 24.4 Å². The molecule has 0 saturated carbocycles. The van der Waals surface area contributed by atoms with Gasteiger partial charge in [-0.05, 0) is 28.8 Å². The van der Waals surface area contributed by atoms with Crippen LogP contribution in [0.4, 0.5) is 0 Å². The van der Waals surface area contributed by atoms with E-state index in [9.17, 15) is 9.90 Å². The predicted octanol–water partition coefficient (Wildman–Crippen LogP) is 1.91. The number of hydrogen-bond acceptors (Lipinski definition) is 3. The van der Waals surface area contributed by atoms with Gasteiger partial charge in [-0.3, -0.25) is 4.79 Å². The van der Waals surface area contributed by atoms with E-state index in [-0.39, 0.29) is 18.9 Å². The molecule has 0 bridgehead atoms. The summed E-state index contributed by atoms with van der Waals surface area (Å²) in [6.07, 6.45) is 0.243. The molecule has 21 heavy (non-hydrogen) atoms. The first kappa shape index (κ1) is 14.8. The molecule has 0 saturated heterocycles. The number of carbonyl (C=O) groups excluding carboxylic acids is 1. The highest BCUT2D eigenvalue weighted by molar-refractivity contribution is 5.78. The molecule has 2 aromatic carbocycles. The SMILES string of the molecule is N#Cc1ccc(CNC(=O)Cc2ccccc2CO)cc1. The van der Waals surface area contributed by atoms with Gasteiger partial charge >= 0.3 is 0 Å². The molecule has 2 rings (SSSR count). The summed E-state index contributed by atoms with van der Waals surface area (Å²) in [5.41, 5.74) is 3.14. The molecule has 0 aliphatic heterocycles. The summed E-state index contributed by atoms with van der Waals surface area (Å²) in [7, 11) is 0. The van der Waals surface area contributed by atoms with Crippen molar-refractivity contribution in [1.82, 2.24) is 5.32 Å².